The number of ether oxygens (including phenoxy) is 1. The first-order valence-electron chi connectivity index (χ1n) is 14.0. The highest BCUT2D eigenvalue weighted by atomic mass is 16.6. The van der Waals surface area contributed by atoms with Crippen molar-refractivity contribution >= 4 is 17.9 Å². The van der Waals surface area contributed by atoms with E-state index in [-0.39, 0.29) is 29.9 Å². The van der Waals surface area contributed by atoms with Gasteiger partial charge in [0.2, 0.25) is 11.8 Å². The Morgan fingerprint density at radius 3 is 2.17 bits per heavy atom. The van der Waals surface area contributed by atoms with Crippen molar-refractivity contribution in [3.05, 3.63) is 59.7 Å². The third-order valence-electron chi connectivity index (χ3n) is 6.89. The van der Waals surface area contributed by atoms with Gasteiger partial charge in [0.15, 0.2) is 0 Å². The molecule has 40 heavy (non-hydrogen) atoms. The van der Waals surface area contributed by atoms with Gasteiger partial charge < -0.3 is 30.5 Å². The van der Waals surface area contributed by atoms with E-state index in [1.165, 1.54) is 23.1 Å². The number of nitrogens with one attached hydrogen (secondary N) is 2. The van der Waals surface area contributed by atoms with Crippen LogP contribution in [0.5, 0.6) is 11.5 Å². The lowest BCUT2D eigenvalue weighted by atomic mass is 9.94. The quantitative estimate of drug-likeness (QED) is 0.348. The van der Waals surface area contributed by atoms with Crippen molar-refractivity contribution < 1.29 is 29.3 Å². The second kappa shape index (κ2) is 13.5. The highest BCUT2D eigenvalue weighted by Gasteiger charge is 2.39. The summed E-state index contributed by atoms with van der Waals surface area (Å²) in [5, 5.41) is 26.3. The minimum absolute atomic E-state index is 0.00796. The van der Waals surface area contributed by atoms with Crippen LogP contribution in [0.15, 0.2) is 48.5 Å². The van der Waals surface area contributed by atoms with E-state index in [0.29, 0.717) is 11.1 Å². The van der Waals surface area contributed by atoms with Gasteiger partial charge in [0, 0.05) is 24.1 Å². The molecule has 0 aromatic heterocycles. The molecule has 1 saturated carbocycles. The van der Waals surface area contributed by atoms with Gasteiger partial charge >= 0.3 is 6.09 Å². The molecule has 0 heterocycles. The summed E-state index contributed by atoms with van der Waals surface area (Å²) in [6, 6.07) is 10.2. The molecule has 9 heteroatoms. The van der Waals surface area contributed by atoms with Gasteiger partial charge in [-0.25, -0.2) is 4.79 Å². The van der Waals surface area contributed by atoms with Crippen molar-refractivity contribution in [2.45, 2.75) is 103 Å². The zero-order valence-corrected chi connectivity index (χ0v) is 24.1. The smallest absolute Gasteiger partial charge is 0.408 e. The predicted octanol–water partition coefficient (Wildman–Crippen LogP) is 4.96. The van der Waals surface area contributed by atoms with Gasteiger partial charge in [-0.1, -0.05) is 49.6 Å². The predicted molar refractivity (Wildman–Crippen MR) is 153 cm³/mol. The van der Waals surface area contributed by atoms with E-state index in [9.17, 15) is 24.6 Å². The fourth-order valence-electron chi connectivity index (χ4n) is 5.04. The van der Waals surface area contributed by atoms with Gasteiger partial charge in [0.1, 0.15) is 29.2 Å². The fraction of sp³-hybridized carbons (Fsp3) is 0.516. The van der Waals surface area contributed by atoms with Crippen molar-refractivity contribution in [3.63, 3.8) is 0 Å². The monoisotopic (exact) mass is 553 g/mol. The van der Waals surface area contributed by atoms with Crippen LogP contribution in [0.25, 0.3) is 0 Å². The van der Waals surface area contributed by atoms with Crippen LogP contribution >= 0.6 is 0 Å². The number of amides is 3. The van der Waals surface area contributed by atoms with E-state index >= 15 is 0 Å². The van der Waals surface area contributed by atoms with Gasteiger partial charge in [-0.05, 0) is 71.2 Å². The molecule has 3 amide bonds. The first-order valence-corrected chi connectivity index (χ1v) is 14.0. The van der Waals surface area contributed by atoms with Gasteiger partial charge in [-0.2, -0.15) is 0 Å². The highest BCUT2D eigenvalue weighted by Crippen LogP contribution is 2.32. The summed E-state index contributed by atoms with van der Waals surface area (Å²) in [4.78, 5) is 42.5. The van der Waals surface area contributed by atoms with E-state index in [1.54, 1.807) is 65.0 Å². The number of phenolic OH excluding ortho intramolecular Hbond substituents is 2. The Labute approximate surface area is 236 Å². The summed E-state index contributed by atoms with van der Waals surface area (Å²) in [6.45, 7) is 8.78. The van der Waals surface area contributed by atoms with Crippen LogP contribution in [0.3, 0.4) is 0 Å². The first kappa shape index (κ1) is 30.8. The number of aromatic hydroxyl groups is 2. The second-order valence-corrected chi connectivity index (χ2v) is 11.7. The van der Waals surface area contributed by atoms with Crippen molar-refractivity contribution in [1.29, 1.82) is 0 Å². The molecule has 1 fully saturated rings. The third kappa shape index (κ3) is 8.63. The van der Waals surface area contributed by atoms with Crippen LogP contribution in [-0.2, 0) is 20.7 Å². The lowest BCUT2D eigenvalue weighted by Crippen LogP contribution is -2.56. The SMILES string of the molecule is CC(C)N(C(=O)C(Cc1ccc(O)cc1)NC(=O)OC(C)(C)C)C(C(=O)NC1CCCCC1)c1ccccc1O. The molecule has 0 aliphatic heterocycles. The number of benzene rings is 2. The van der Waals surface area contributed by atoms with Crippen molar-refractivity contribution in [3.8, 4) is 11.5 Å². The van der Waals surface area contributed by atoms with Crippen LogP contribution < -0.4 is 10.6 Å². The number of alkyl carbamates (subject to hydrolysis) is 1. The van der Waals surface area contributed by atoms with Crippen LogP contribution in [0.4, 0.5) is 4.79 Å². The normalized spacial score (nSPS) is 15.7. The van der Waals surface area contributed by atoms with Gasteiger partial charge in [-0.15, -0.1) is 0 Å². The first-order chi connectivity index (χ1) is 18.9. The second-order valence-electron chi connectivity index (χ2n) is 11.7. The number of hydrogen-bond donors (Lipinski definition) is 4. The fourth-order valence-corrected chi connectivity index (χ4v) is 5.04. The van der Waals surface area contributed by atoms with Gasteiger partial charge in [-0.3, -0.25) is 9.59 Å². The Bertz CT molecular complexity index is 1150. The Kier molecular flexibility index (Phi) is 10.4. The topological polar surface area (TPSA) is 128 Å². The van der Waals surface area contributed by atoms with Gasteiger partial charge in [0.05, 0.1) is 0 Å². The Morgan fingerprint density at radius 1 is 0.975 bits per heavy atom. The van der Waals surface area contributed by atoms with E-state index < -0.39 is 35.7 Å². The molecule has 0 spiro atoms. The molecule has 2 aromatic rings. The van der Waals surface area contributed by atoms with Crippen molar-refractivity contribution in [2.75, 3.05) is 0 Å². The van der Waals surface area contributed by atoms with E-state index in [0.717, 1.165) is 32.1 Å². The average Bonchev–Trinajstić information content (AvgIpc) is 2.87. The highest BCUT2D eigenvalue weighted by molar-refractivity contribution is 5.93. The van der Waals surface area contributed by atoms with Crippen molar-refractivity contribution in [2.24, 2.45) is 0 Å². The van der Waals surface area contributed by atoms with E-state index in [1.807, 2.05) is 0 Å². The number of rotatable bonds is 9. The molecule has 1 aliphatic rings. The molecule has 0 radical (unpaired) electrons. The number of phenols is 2. The minimum Gasteiger partial charge on any atom is -0.508 e. The molecule has 3 rings (SSSR count). The van der Waals surface area contributed by atoms with Crippen LogP contribution in [0.2, 0.25) is 0 Å². The van der Waals surface area contributed by atoms with Crippen LogP contribution in [0.1, 0.15) is 83.9 Å². The van der Waals surface area contributed by atoms with Crippen LogP contribution in [-0.4, -0.2) is 56.7 Å². The summed E-state index contributed by atoms with van der Waals surface area (Å²) in [5.41, 5.74) is 0.215. The largest absolute Gasteiger partial charge is 0.508 e. The van der Waals surface area contributed by atoms with E-state index in [4.69, 9.17) is 4.74 Å². The molecule has 4 N–H and O–H groups in total. The lowest BCUT2D eigenvalue weighted by Gasteiger charge is -2.38. The Balaban J connectivity index is 2.01. The number of para-hydroxylation sites is 1. The van der Waals surface area contributed by atoms with Gasteiger partial charge in [0.25, 0.3) is 0 Å². The molecule has 9 nitrogen and oxygen atoms in total. The Morgan fingerprint density at radius 2 is 1.60 bits per heavy atom. The zero-order chi connectivity index (χ0) is 29.4. The molecular formula is C31H43N3O6. The molecule has 218 valence electrons. The summed E-state index contributed by atoms with van der Waals surface area (Å²) in [7, 11) is 0. The van der Waals surface area contributed by atoms with Crippen molar-refractivity contribution in [1.82, 2.24) is 15.5 Å². The zero-order valence-electron chi connectivity index (χ0n) is 24.1. The number of carbonyl (C=O) groups is 3. The maximum atomic E-state index is 14.3. The molecule has 0 bridgehead atoms. The third-order valence-corrected chi connectivity index (χ3v) is 6.89. The molecule has 1 aliphatic carbocycles. The summed E-state index contributed by atoms with van der Waals surface area (Å²) in [6.07, 6.45) is 4.22. The summed E-state index contributed by atoms with van der Waals surface area (Å²) in [5.74, 6) is -0.897. The lowest BCUT2D eigenvalue weighted by molar-refractivity contribution is -0.145. The standard InChI is InChI=1S/C31H43N3O6/c1-20(2)34(27(24-13-9-10-14-26(24)36)28(37)32-22-11-7-6-8-12-22)29(38)25(33-30(39)40-31(3,4)5)19-21-15-17-23(35)18-16-21/h9-10,13-18,20,22,25,27,35-36H,6-8,11-12,19H2,1-5H3,(H,32,37)(H,33,39). The maximum absolute atomic E-state index is 14.3. The summed E-state index contributed by atoms with van der Waals surface area (Å²) < 4.78 is 5.45. The molecular weight excluding hydrogens is 510 g/mol. The van der Waals surface area contributed by atoms with Crippen LogP contribution in [0, 0.1) is 0 Å². The van der Waals surface area contributed by atoms with E-state index in [2.05, 4.69) is 10.6 Å². The number of carbonyl (C=O) groups excluding carboxylic acids is 3. The number of nitrogens with zero attached hydrogens (tertiary/aromatic N) is 1. The molecule has 2 unspecified atom stereocenters. The maximum Gasteiger partial charge on any atom is 0.408 e. The molecule has 0 saturated heterocycles. The molecule has 2 aromatic carbocycles. The summed E-state index contributed by atoms with van der Waals surface area (Å²) >= 11 is 0. The number of hydrogen-bond acceptors (Lipinski definition) is 6. The molecule has 2 atom stereocenters. The minimum atomic E-state index is -1.13. The average molecular weight is 554 g/mol. The Hall–Kier alpha value is -3.75.